The van der Waals surface area contributed by atoms with Crippen molar-refractivity contribution in [2.24, 2.45) is 0 Å². The van der Waals surface area contributed by atoms with E-state index in [4.69, 9.17) is 5.11 Å². The fourth-order valence-electron chi connectivity index (χ4n) is 1.24. The van der Waals surface area contributed by atoms with Crippen molar-refractivity contribution in [3.05, 3.63) is 16.1 Å². The fraction of sp³-hybridized carbons (Fsp3) is 0.600. The van der Waals surface area contributed by atoms with Crippen LogP contribution in [0, 0.1) is 0 Å². The lowest BCUT2D eigenvalue weighted by Gasteiger charge is -2.16. The number of halogens is 1. The van der Waals surface area contributed by atoms with Crippen LogP contribution in [0.1, 0.15) is 38.7 Å². The van der Waals surface area contributed by atoms with E-state index >= 15 is 0 Å². The number of nitrogens with one attached hydrogen (secondary N) is 1. The van der Waals surface area contributed by atoms with Gasteiger partial charge >= 0.3 is 5.97 Å². The lowest BCUT2D eigenvalue weighted by Crippen LogP contribution is -2.12. The van der Waals surface area contributed by atoms with Gasteiger partial charge in [-0.15, -0.1) is 0 Å². The largest absolute Gasteiger partial charge is 0.481 e. The minimum absolute atomic E-state index is 0.0205. The molecule has 0 unspecified atom stereocenters. The van der Waals surface area contributed by atoms with Gasteiger partial charge < -0.3 is 10.1 Å². The molecule has 0 spiro atoms. The molecule has 0 atom stereocenters. The van der Waals surface area contributed by atoms with Crippen LogP contribution in [0.3, 0.4) is 0 Å². The van der Waals surface area contributed by atoms with Gasteiger partial charge in [-0.1, -0.05) is 20.8 Å². The highest BCUT2D eigenvalue weighted by atomic mass is 79.9. The van der Waals surface area contributed by atoms with Crippen LogP contribution in [0.25, 0.3) is 0 Å². The number of H-pyrrole nitrogens is 1. The second-order valence-corrected chi connectivity index (χ2v) is 5.24. The topological polar surface area (TPSA) is 66.0 Å². The summed E-state index contributed by atoms with van der Waals surface area (Å²) in [5.74, 6) is -0.0889. The fourth-order valence-corrected chi connectivity index (χ4v) is 2.15. The molecular weight excluding hydrogens is 260 g/mol. The molecule has 0 aromatic carbocycles. The summed E-state index contributed by atoms with van der Waals surface area (Å²) in [7, 11) is 0. The van der Waals surface area contributed by atoms with Gasteiger partial charge in [0.1, 0.15) is 10.4 Å². The van der Waals surface area contributed by atoms with Crippen molar-refractivity contribution in [2.75, 3.05) is 0 Å². The van der Waals surface area contributed by atoms with Crippen LogP contribution in [0.15, 0.2) is 4.60 Å². The lowest BCUT2D eigenvalue weighted by atomic mass is 9.93. The van der Waals surface area contributed by atoms with Gasteiger partial charge in [-0.2, -0.15) is 0 Å². The van der Waals surface area contributed by atoms with Crippen molar-refractivity contribution in [3.8, 4) is 0 Å². The smallest absolute Gasteiger partial charge is 0.303 e. The molecule has 0 radical (unpaired) electrons. The Morgan fingerprint density at radius 2 is 2.13 bits per heavy atom. The van der Waals surface area contributed by atoms with Gasteiger partial charge in [0.2, 0.25) is 0 Å². The number of hydrogen-bond donors (Lipinski definition) is 2. The Morgan fingerprint density at radius 1 is 1.53 bits per heavy atom. The summed E-state index contributed by atoms with van der Waals surface area (Å²) in [4.78, 5) is 17.8. The van der Waals surface area contributed by atoms with Crippen molar-refractivity contribution < 1.29 is 9.90 Å². The minimum atomic E-state index is -0.806. The molecule has 1 rings (SSSR count). The third kappa shape index (κ3) is 3.34. The molecule has 0 bridgehead atoms. The predicted octanol–water partition coefficient (Wildman–Crippen LogP) is 2.49. The number of aromatic amines is 1. The number of imidazole rings is 1. The molecule has 0 saturated carbocycles. The van der Waals surface area contributed by atoms with Gasteiger partial charge in [-0.25, -0.2) is 4.98 Å². The van der Waals surface area contributed by atoms with Crippen LogP contribution >= 0.6 is 15.9 Å². The Bertz CT molecular complexity index is 366. The zero-order valence-corrected chi connectivity index (χ0v) is 10.7. The molecule has 1 aromatic heterocycles. The zero-order chi connectivity index (χ0) is 11.6. The van der Waals surface area contributed by atoms with E-state index in [-0.39, 0.29) is 11.8 Å². The molecular formula is C10H15BrN2O2. The summed E-state index contributed by atoms with van der Waals surface area (Å²) in [5, 5.41) is 8.56. The highest BCUT2D eigenvalue weighted by Crippen LogP contribution is 2.27. The Labute approximate surface area is 97.2 Å². The van der Waals surface area contributed by atoms with E-state index in [1.165, 1.54) is 0 Å². The molecule has 0 aliphatic carbocycles. The number of carboxylic acid groups (broad SMARTS) is 1. The molecule has 0 aliphatic heterocycles. The first-order valence-electron chi connectivity index (χ1n) is 4.77. The second kappa shape index (κ2) is 4.35. The number of hydrogen-bond acceptors (Lipinski definition) is 2. The van der Waals surface area contributed by atoms with E-state index in [1.807, 2.05) is 0 Å². The molecule has 15 heavy (non-hydrogen) atoms. The molecule has 5 heteroatoms. The summed E-state index contributed by atoms with van der Waals surface area (Å²) >= 11 is 3.37. The van der Waals surface area contributed by atoms with E-state index < -0.39 is 5.97 Å². The van der Waals surface area contributed by atoms with Crippen LogP contribution < -0.4 is 0 Å². The average Bonchev–Trinajstić information content (AvgIpc) is 2.42. The third-order valence-corrected chi connectivity index (χ3v) is 2.61. The Hall–Kier alpha value is -0.840. The van der Waals surface area contributed by atoms with E-state index in [1.54, 1.807) is 0 Å². The summed E-state index contributed by atoms with van der Waals surface area (Å²) in [6, 6.07) is 0. The quantitative estimate of drug-likeness (QED) is 0.890. The molecule has 84 valence electrons. The number of carbonyl (C=O) groups is 1. The van der Waals surface area contributed by atoms with Crippen LogP contribution in [-0.2, 0) is 16.6 Å². The van der Waals surface area contributed by atoms with Gasteiger partial charge in [-0.05, 0) is 15.9 Å². The van der Waals surface area contributed by atoms with E-state index in [0.29, 0.717) is 12.2 Å². The standard InChI is InChI=1S/C10H15BrN2O2/c1-10(2,3)8-9(11)13-6(12-8)4-5-7(14)15/h4-5H2,1-3H3,(H,12,13)(H,14,15). The van der Waals surface area contributed by atoms with Gasteiger partial charge in [0.25, 0.3) is 0 Å². The number of rotatable bonds is 3. The number of nitrogens with zero attached hydrogens (tertiary/aromatic N) is 1. The first-order valence-corrected chi connectivity index (χ1v) is 5.56. The third-order valence-electron chi connectivity index (χ3n) is 2.03. The zero-order valence-electron chi connectivity index (χ0n) is 9.09. The predicted molar refractivity (Wildman–Crippen MR) is 60.9 cm³/mol. The molecule has 0 saturated heterocycles. The lowest BCUT2D eigenvalue weighted by molar-refractivity contribution is -0.137. The summed E-state index contributed by atoms with van der Waals surface area (Å²) < 4.78 is 0.774. The summed E-state index contributed by atoms with van der Waals surface area (Å²) in [6.07, 6.45) is 0.535. The normalized spacial score (nSPS) is 11.7. The summed E-state index contributed by atoms with van der Waals surface area (Å²) in [5.41, 5.74) is 0.982. The molecule has 0 fully saturated rings. The highest BCUT2D eigenvalue weighted by molar-refractivity contribution is 9.10. The van der Waals surface area contributed by atoms with Crippen LogP contribution in [0.2, 0.25) is 0 Å². The van der Waals surface area contributed by atoms with Gasteiger partial charge in [0, 0.05) is 11.8 Å². The number of aromatic nitrogens is 2. The minimum Gasteiger partial charge on any atom is -0.481 e. The highest BCUT2D eigenvalue weighted by Gasteiger charge is 2.21. The number of aliphatic carboxylic acids is 1. The maximum absolute atomic E-state index is 10.4. The molecule has 0 amide bonds. The molecule has 1 aromatic rings. The van der Waals surface area contributed by atoms with Crippen LogP contribution in [0.5, 0.6) is 0 Å². The Kier molecular flexibility index (Phi) is 3.54. The van der Waals surface area contributed by atoms with E-state index in [2.05, 4.69) is 46.7 Å². The average molecular weight is 275 g/mol. The molecule has 0 aliphatic rings. The first kappa shape index (κ1) is 12.2. The molecule has 4 nitrogen and oxygen atoms in total. The molecule has 2 N–H and O–H groups in total. The molecule has 1 heterocycles. The van der Waals surface area contributed by atoms with Crippen molar-refractivity contribution >= 4 is 21.9 Å². The monoisotopic (exact) mass is 274 g/mol. The van der Waals surface area contributed by atoms with E-state index in [9.17, 15) is 4.79 Å². The Morgan fingerprint density at radius 3 is 2.53 bits per heavy atom. The van der Waals surface area contributed by atoms with Crippen LogP contribution in [-0.4, -0.2) is 21.0 Å². The first-order chi connectivity index (χ1) is 6.80. The summed E-state index contributed by atoms with van der Waals surface area (Å²) in [6.45, 7) is 6.23. The SMILES string of the molecule is CC(C)(C)c1[nH]c(CCC(=O)O)nc1Br. The maximum atomic E-state index is 10.4. The van der Waals surface area contributed by atoms with Gasteiger partial charge in [0.15, 0.2) is 0 Å². The van der Waals surface area contributed by atoms with E-state index in [0.717, 1.165) is 10.3 Å². The number of aryl methyl sites for hydroxylation is 1. The van der Waals surface area contributed by atoms with Crippen molar-refractivity contribution in [1.82, 2.24) is 9.97 Å². The Balaban J connectivity index is 2.82. The van der Waals surface area contributed by atoms with Crippen molar-refractivity contribution in [3.63, 3.8) is 0 Å². The maximum Gasteiger partial charge on any atom is 0.303 e. The number of carboxylic acids is 1. The van der Waals surface area contributed by atoms with Gasteiger partial charge in [0.05, 0.1) is 12.1 Å². The second-order valence-electron chi connectivity index (χ2n) is 4.49. The van der Waals surface area contributed by atoms with Crippen LogP contribution in [0.4, 0.5) is 0 Å². The van der Waals surface area contributed by atoms with Gasteiger partial charge in [-0.3, -0.25) is 4.79 Å². The van der Waals surface area contributed by atoms with Crippen molar-refractivity contribution in [1.29, 1.82) is 0 Å². The van der Waals surface area contributed by atoms with Crippen molar-refractivity contribution in [2.45, 2.75) is 39.0 Å².